The van der Waals surface area contributed by atoms with Crippen molar-refractivity contribution < 1.29 is 9.21 Å². The molecule has 0 bridgehead atoms. The Morgan fingerprint density at radius 3 is 2.48 bits per heavy atom. The topological polar surface area (TPSA) is 52.0 Å². The second-order valence-corrected chi connectivity index (χ2v) is 8.15. The minimum Gasteiger partial charge on any atom is -0.468 e. The molecule has 156 valence electrons. The standard InChI is InChI=1S/C23H32N4O2/c1-18-7-5-8-20(19(18)2)26-12-14-27(15-13-26)23(28)24-17-21(22-9-6-16-29-22)25-10-3-4-11-25/h5-9,16,21H,3-4,10-15,17H2,1-2H3,(H,24,28). The van der Waals surface area contributed by atoms with Gasteiger partial charge in [-0.25, -0.2) is 4.79 Å². The van der Waals surface area contributed by atoms with Gasteiger partial charge in [-0.2, -0.15) is 0 Å². The van der Waals surface area contributed by atoms with Crippen molar-refractivity contribution in [2.45, 2.75) is 32.7 Å². The number of hydrogen-bond donors (Lipinski definition) is 1. The van der Waals surface area contributed by atoms with Gasteiger partial charge in [-0.05, 0) is 69.1 Å². The summed E-state index contributed by atoms with van der Waals surface area (Å²) in [5.41, 5.74) is 3.93. The average molecular weight is 397 g/mol. The van der Waals surface area contributed by atoms with Gasteiger partial charge in [0.1, 0.15) is 5.76 Å². The van der Waals surface area contributed by atoms with Crippen molar-refractivity contribution in [2.75, 3.05) is 50.7 Å². The Balaban J connectivity index is 1.32. The third-order valence-electron chi connectivity index (χ3n) is 6.38. The molecule has 1 atom stereocenters. The zero-order valence-corrected chi connectivity index (χ0v) is 17.6. The number of furan rings is 1. The molecule has 1 aromatic carbocycles. The summed E-state index contributed by atoms with van der Waals surface area (Å²) in [7, 11) is 0. The van der Waals surface area contributed by atoms with Gasteiger partial charge in [0.2, 0.25) is 0 Å². The lowest BCUT2D eigenvalue weighted by atomic mass is 10.1. The Labute approximate surface area is 173 Å². The number of piperazine rings is 1. The molecule has 6 nitrogen and oxygen atoms in total. The number of hydrogen-bond acceptors (Lipinski definition) is 4. The second-order valence-electron chi connectivity index (χ2n) is 8.15. The number of likely N-dealkylation sites (tertiary alicyclic amines) is 1. The molecular weight excluding hydrogens is 364 g/mol. The lowest BCUT2D eigenvalue weighted by molar-refractivity contribution is 0.179. The quantitative estimate of drug-likeness (QED) is 0.840. The van der Waals surface area contributed by atoms with E-state index >= 15 is 0 Å². The number of nitrogens with zero attached hydrogens (tertiary/aromatic N) is 3. The molecule has 0 saturated carbocycles. The highest BCUT2D eigenvalue weighted by Crippen LogP contribution is 2.26. The first-order chi connectivity index (χ1) is 14.1. The molecule has 2 fully saturated rings. The highest BCUT2D eigenvalue weighted by atomic mass is 16.3. The van der Waals surface area contributed by atoms with Crippen molar-refractivity contribution in [3.8, 4) is 0 Å². The number of carbonyl (C=O) groups excluding carboxylic acids is 1. The van der Waals surface area contributed by atoms with Crippen LogP contribution in [-0.2, 0) is 0 Å². The lowest BCUT2D eigenvalue weighted by Gasteiger charge is -2.37. The highest BCUT2D eigenvalue weighted by molar-refractivity contribution is 5.74. The number of benzene rings is 1. The van der Waals surface area contributed by atoms with Gasteiger partial charge >= 0.3 is 6.03 Å². The number of anilines is 1. The summed E-state index contributed by atoms with van der Waals surface area (Å²) >= 11 is 0. The van der Waals surface area contributed by atoms with E-state index in [1.807, 2.05) is 17.0 Å². The van der Waals surface area contributed by atoms with Gasteiger partial charge in [0.05, 0.1) is 12.3 Å². The lowest BCUT2D eigenvalue weighted by Crippen LogP contribution is -2.53. The van der Waals surface area contributed by atoms with Crippen LogP contribution >= 0.6 is 0 Å². The van der Waals surface area contributed by atoms with E-state index in [9.17, 15) is 4.79 Å². The van der Waals surface area contributed by atoms with Crippen LogP contribution in [0.25, 0.3) is 0 Å². The molecule has 1 unspecified atom stereocenters. The molecule has 2 aromatic rings. The third kappa shape index (κ3) is 4.42. The Morgan fingerprint density at radius 2 is 1.79 bits per heavy atom. The number of rotatable bonds is 5. The summed E-state index contributed by atoms with van der Waals surface area (Å²) in [4.78, 5) is 19.5. The van der Waals surface area contributed by atoms with Gasteiger partial charge in [0.15, 0.2) is 0 Å². The molecule has 4 rings (SSSR count). The maximum atomic E-state index is 12.8. The van der Waals surface area contributed by atoms with Crippen LogP contribution < -0.4 is 10.2 Å². The summed E-state index contributed by atoms with van der Waals surface area (Å²) < 4.78 is 5.66. The molecule has 3 heterocycles. The van der Waals surface area contributed by atoms with Crippen LogP contribution in [0.4, 0.5) is 10.5 Å². The molecule has 2 amide bonds. The van der Waals surface area contributed by atoms with Gasteiger partial charge in [-0.15, -0.1) is 0 Å². The third-order valence-corrected chi connectivity index (χ3v) is 6.38. The van der Waals surface area contributed by atoms with Crippen LogP contribution in [0.15, 0.2) is 41.0 Å². The van der Waals surface area contributed by atoms with Crippen LogP contribution in [0.2, 0.25) is 0 Å². The molecular formula is C23H32N4O2. The maximum absolute atomic E-state index is 12.8. The van der Waals surface area contributed by atoms with E-state index in [1.165, 1.54) is 29.7 Å². The van der Waals surface area contributed by atoms with E-state index in [1.54, 1.807) is 6.26 Å². The number of carbonyl (C=O) groups is 1. The van der Waals surface area contributed by atoms with E-state index in [4.69, 9.17) is 4.42 Å². The predicted molar refractivity (Wildman–Crippen MR) is 115 cm³/mol. The summed E-state index contributed by atoms with van der Waals surface area (Å²) in [6.07, 6.45) is 4.14. The van der Waals surface area contributed by atoms with Crippen LogP contribution in [-0.4, -0.2) is 61.6 Å². The Kier molecular flexibility index (Phi) is 6.09. The molecule has 2 saturated heterocycles. The van der Waals surface area contributed by atoms with E-state index in [0.29, 0.717) is 6.54 Å². The zero-order valence-electron chi connectivity index (χ0n) is 17.6. The van der Waals surface area contributed by atoms with Gasteiger partial charge in [0.25, 0.3) is 0 Å². The van der Waals surface area contributed by atoms with Crippen molar-refractivity contribution in [1.29, 1.82) is 0 Å². The molecule has 2 aliphatic rings. The summed E-state index contributed by atoms with van der Waals surface area (Å²) in [6.45, 7) is 10.3. The number of amides is 2. The Morgan fingerprint density at radius 1 is 1.03 bits per heavy atom. The Hall–Kier alpha value is -2.47. The van der Waals surface area contributed by atoms with Crippen molar-refractivity contribution in [1.82, 2.24) is 15.1 Å². The fourth-order valence-electron chi connectivity index (χ4n) is 4.47. The van der Waals surface area contributed by atoms with Crippen molar-refractivity contribution >= 4 is 11.7 Å². The van der Waals surface area contributed by atoms with Gasteiger partial charge in [-0.3, -0.25) is 4.90 Å². The first-order valence-electron chi connectivity index (χ1n) is 10.7. The number of aryl methyl sites for hydroxylation is 1. The second kappa shape index (κ2) is 8.91. The molecule has 0 radical (unpaired) electrons. The van der Waals surface area contributed by atoms with E-state index in [0.717, 1.165) is 45.0 Å². The van der Waals surface area contributed by atoms with E-state index in [2.05, 4.69) is 47.2 Å². The first-order valence-corrected chi connectivity index (χ1v) is 10.7. The summed E-state index contributed by atoms with van der Waals surface area (Å²) in [5, 5.41) is 3.16. The molecule has 1 N–H and O–H groups in total. The van der Waals surface area contributed by atoms with E-state index in [-0.39, 0.29) is 12.1 Å². The van der Waals surface area contributed by atoms with Crippen molar-refractivity contribution in [3.63, 3.8) is 0 Å². The number of nitrogens with one attached hydrogen (secondary N) is 1. The predicted octanol–water partition coefficient (Wildman–Crippen LogP) is 3.57. The van der Waals surface area contributed by atoms with Crippen LogP contribution in [0.5, 0.6) is 0 Å². The number of urea groups is 1. The van der Waals surface area contributed by atoms with Crippen LogP contribution in [0, 0.1) is 13.8 Å². The summed E-state index contributed by atoms with van der Waals surface area (Å²) in [5.74, 6) is 0.937. The van der Waals surface area contributed by atoms with E-state index < -0.39 is 0 Å². The fourth-order valence-corrected chi connectivity index (χ4v) is 4.47. The molecule has 2 aliphatic heterocycles. The van der Waals surface area contributed by atoms with Crippen LogP contribution in [0.3, 0.4) is 0 Å². The van der Waals surface area contributed by atoms with Gasteiger partial charge in [0, 0.05) is 38.4 Å². The normalized spacial score (nSPS) is 18.8. The zero-order chi connectivity index (χ0) is 20.2. The largest absolute Gasteiger partial charge is 0.468 e. The molecule has 29 heavy (non-hydrogen) atoms. The SMILES string of the molecule is Cc1cccc(N2CCN(C(=O)NCC(c3ccco3)N3CCCC3)CC2)c1C. The average Bonchev–Trinajstić information content (AvgIpc) is 3.45. The highest BCUT2D eigenvalue weighted by Gasteiger charge is 2.28. The fraction of sp³-hybridized carbons (Fsp3) is 0.522. The minimum absolute atomic E-state index is 0.0290. The summed E-state index contributed by atoms with van der Waals surface area (Å²) in [6, 6.07) is 10.5. The van der Waals surface area contributed by atoms with Crippen molar-refractivity contribution in [2.24, 2.45) is 0 Å². The van der Waals surface area contributed by atoms with Gasteiger partial charge < -0.3 is 19.5 Å². The first kappa shape index (κ1) is 19.8. The monoisotopic (exact) mass is 396 g/mol. The molecule has 0 aliphatic carbocycles. The molecule has 6 heteroatoms. The molecule has 1 aromatic heterocycles. The maximum Gasteiger partial charge on any atom is 0.317 e. The van der Waals surface area contributed by atoms with Crippen molar-refractivity contribution in [3.05, 3.63) is 53.5 Å². The Bertz CT molecular complexity index is 806. The smallest absolute Gasteiger partial charge is 0.317 e. The molecule has 0 spiro atoms. The van der Waals surface area contributed by atoms with Gasteiger partial charge in [-0.1, -0.05) is 12.1 Å². The minimum atomic E-state index is 0.0290. The van der Waals surface area contributed by atoms with Crippen LogP contribution in [0.1, 0.15) is 35.8 Å².